The Kier molecular flexibility index (Phi) is 3.15. The summed E-state index contributed by atoms with van der Waals surface area (Å²) >= 11 is 1.55. The number of carbonyl (C=O) groups is 2. The number of fused-ring (bicyclic) bond motifs is 1. The zero-order valence-electron chi connectivity index (χ0n) is 9.54. The van der Waals surface area contributed by atoms with Gasteiger partial charge in [-0.3, -0.25) is 9.69 Å². The molecule has 2 heterocycles. The van der Waals surface area contributed by atoms with Crippen LogP contribution >= 0.6 is 11.8 Å². The number of rotatable bonds is 3. The quantitative estimate of drug-likeness (QED) is 0.553. The summed E-state index contributed by atoms with van der Waals surface area (Å²) in [7, 11) is 0. The smallest absolute Gasteiger partial charge is 0.352 e. The van der Waals surface area contributed by atoms with E-state index in [1.807, 2.05) is 0 Å². The van der Waals surface area contributed by atoms with Gasteiger partial charge < -0.3 is 9.94 Å². The molecular formula is C10H14N2O4S. The first-order valence-corrected chi connectivity index (χ1v) is 6.27. The first kappa shape index (κ1) is 12.4. The van der Waals surface area contributed by atoms with Gasteiger partial charge in [0.2, 0.25) is 5.91 Å². The third-order valence-corrected chi connectivity index (χ3v) is 4.57. The first-order valence-electron chi connectivity index (χ1n) is 5.22. The number of β-lactam (4-membered cyclic amide) rings is 1. The van der Waals surface area contributed by atoms with Crippen molar-refractivity contribution < 1.29 is 19.5 Å². The minimum atomic E-state index is -1.05. The largest absolute Gasteiger partial charge is 0.477 e. The van der Waals surface area contributed by atoms with Crippen LogP contribution in [-0.4, -0.2) is 39.1 Å². The summed E-state index contributed by atoms with van der Waals surface area (Å²) in [5, 5.41) is 8.94. The van der Waals surface area contributed by atoms with Crippen LogP contribution in [0, 0.1) is 5.92 Å². The Morgan fingerprint density at radius 3 is 2.88 bits per heavy atom. The molecule has 0 aromatic carbocycles. The molecule has 94 valence electrons. The number of thioether (sulfide) groups is 1. The third-order valence-electron chi connectivity index (χ3n) is 3.12. The van der Waals surface area contributed by atoms with E-state index in [-0.39, 0.29) is 22.9 Å². The second kappa shape index (κ2) is 4.32. The van der Waals surface area contributed by atoms with Crippen molar-refractivity contribution >= 4 is 23.6 Å². The molecule has 2 aliphatic heterocycles. The maximum absolute atomic E-state index is 11.9. The third kappa shape index (κ3) is 1.74. The summed E-state index contributed by atoms with van der Waals surface area (Å²) in [4.78, 5) is 29.1. The monoisotopic (exact) mass is 258 g/mol. The molecular weight excluding hydrogens is 244 g/mol. The van der Waals surface area contributed by atoms with Gasteiger partial charge in [0.05, 0.1) is 17.4 Å². The first-order chi connectivity index (χ1) is 7.99. The molecule has 6 nitrogen and oxygen atoms in total. The molecule has 0 aromatic rings. The zero-order valence-corrected chi connectivity index (χ0v) is 10.4. The van der Waals surface area contributed by atoms with Crippen LogP contribution in [-0.2, 0) is 14.4 Å². The standard InChI is InChI=1S/C10H14N2O4S/c1-4-3-17-9-6(5(2)16-11)8(13)12(9)7(4)10(14)15/h5-6,9H,3,11H2,1-2H3,(H,14,15). The predicted molar refractivity (Wildman–Crippen MR) is 61.7 cm³/mol. The van der Waals surface area contributed by atoms with E-state index in [0.29, 0.717) is 11.3 Å². The molecule has 17 heavy (non-hydrogen) atoms. The van der Waals surface area contributed by atoms with E-state index in [1.165, 1.54) is 4.90 Å². The summed E-state index contributed by atoms with van der Waals surface area (Å²) < 4.78 is 0. The van der Waals surface area contributed by atoms with Gasteiger partial charge in [-0.05, 0) is 19.4 Å². The number of carboxylic acids is 1. The molecule has 0 spiro atoms. The highest BCUT2D eigenvalue weighted by atomic mass is 32.2. The maximum Gasteiger partial charge on any atom is 0.352 e. The van der Waals surface area contributed by atoms with Crippen molar-refractivity contribution in [2.45, 2.75) is 25.3 Å². The molecule has 0 aromatic heterocycles. The molecule has 0 aliphatic carbocycles. The van der Waals surface area contributed by atoms with Crippen molar-refractivity contribution in [2.24, 2.45) is 11.8 Å². The number of aliphatic carboxylic acids is 1. The summed E-state index contributed by atoms with van der Waals surface area (Å²) in [6.07, 6.45) is -0.398. The lowest BCUT2D eigenvalue weighted by Gasteiger charge is -2.50. The van der Waals surface area contributed by atoms with Crippen LogP contribution in [0.3, 0.4) is 0 Å². The Labute approximate surface area is 103 Å². The van der Waals surface area contributed by atoms with E-state index in [0.717, 1.165) is 0 Å². The molecule has 7 heteroatoms. The van der Waals surface area contributed by atoms with Crippen LogP contribution in [0.1, 0.15) is 13.8 Å². The lowest BCUT2D eigenvalue weighted by Crippen LogP contribution is -2.64. The number of nitrogens with two attached hydrogens (primary N) is 1. The van der Waals surface area contributed by atoms with Crippen LogP contribution in [0.5, 0.6) is 0 Å². The fourth-order valence-electron chi connectivity index (χ4n) is 2.19. The number of hydrogen-bond donors (Lipinski definition) is 2. The van der Waals surface area contributed by atoms with E-state index < -0.39 is 12.1 Å². The van der Waals surface area contributed by atoms with Gasteiger partial charge in [0.25, 0.3) is 0 Å². The highest BCUT2D eigenvalue weighted by molar-refractivity contribution is 8.00. The molecule has 3 atom stereocenters. The van der Waals surface area contributed by atoms with E-state index in [1.54, 1.807) is 25.6 Å². The fourth-order valence-corrected chi connectivity index (χ4v) is 3.65. The second-order valence-corrected chi connectivity index (χ2v) is 5.32. The number of hydrogen-bond acceptors (Lipinski definition) is 5. The number of amides is 1. The van der Waals surface area contributed by atoms with E-state index in [9.17, 15) is 9.59 Å². The fraction of sp³-hybridized carbons (Fsp3) is 0.600. The molecule has 2 rings (SSSR count). The van der Waals surface area contributed by atoms with Crippen molar-refractivity contribution in [2.75, 3.05) is 5.75 Å². The van der Waals surface area contributed by atoms with Crippen LogP contribution in [0.25, 0.3) is 0 Å². The van der Waals surface area contributed by atoms with Crippen LogP contribution in [0.2, 0.25) is 0 Å². The van der Waals surface area contributed by atoms with Gasteiger partial charge in [-0.25, -0.2) is 10.7 Å². The molecule has 1 amide bonds. The minimum absolute atomic E-state index is 0.110. The highest BCUT2D eigenvalue weighted by Crippen LogP contribution is 2.45. The maximum atomic E-state index is 11.9. The van der Waals surface area contributed by atoms with Crippen molar-refractivity contribution in [1.29, 1.82) is 0 Å². The van der Waals surface area contributed by atoms with Gasteiger partial charge in [0.15, 0.2) is 0 Å². The minimum Gasteiger partial charge on any atom is -0.477 e. The number of carboxylic acid groups (broad SMARTS) is 1. The Hall–Kier alpha value is -1.05. The number of nitrogens with zero attached hydrogens (tertiary/aromatic N) is 1. The van der Waals surface area contributed by atoms with Gasteiger partial charge in [0.1, 0.15) is 5.70 Å². The molecule has 2 aliphatic rings. The van der Waals surface area contributed by atoms with Gasteiger partial charge in [-0.2, -0.15) is 0 Å². The SMILES string of the molecule is CC1=C(C(=O)O)N2C(=O)C(C(C)ON)C2SC1. The average Bonchev–Trinajstić information content (AvgIpc) is 2.28. The van der Waals surface area contributed by atoms with E-state index in [2.05, 4.69) is 4.84 Å². The normalized spacial score (nSPS) is 29.8. The topological polar surface area (TPSA) is 92.9 Å². The Morgan fingerprint density at radius 1 is 1.71 bits per heavy atom. The molecule has 1 fully saturated rings. The van der Waals surface area contributed by atoms with Gasteiger partial charge in [-0.15, -0.1) is 11.8 Å². The van der Waals surface area contributed by atoms with Gasteiger partial charge in [0, 0.05) is 5.75 Å². The lowest BCUT2D eigenvalue weighted by molar-refractivity contribution is -0.160. The highest BCUT2D eigenvalue weighted by Gasteiger charge is 2.55. The molecule has 0 bridgehead atoms. The summed E-state index contributed by atoms with van der Waals surface area (Å²) in [5.74, 6) is 4.06. The summed E-state index contributed by atoms with van der Waals surface area (Å²) in [5.41, 5.74) is 0.825. The van der Waals surface area contributed by atoms with E-state index >= 15 is 0 Å². The van der Waals surface area contributed by atoms with Crippen LogP contribution in [0.15, 0.2) is 11.3 Å². The van der Waals surface area contributed by atoms with Crippen molar-refractivity contribution in [3.8, 4) is 0 Å². The van der Waals surface area contributed by atoms with Crippen molar-refractivity contribution in [1.82, 2.24) is 4.90 Å². The van der Waals surface area contributed by atoms with Crippen molar-refractivity contribution in [3.63, 3.8) is 0 Å². The van der Waals surface area contributed by atoms with Crippen LogP contribution < -0.4 is 5.90 Å². The summed E-state index contributed by atoms with van der Waals surface area (Å²) in [6.45, 7) is 3.45. The molecule has 3 N–H and O–H groups in total. The van der Waals surface area contributed by atoms with Gasteiger partial charge in [-0.1, -0.05) is 0 Å². The van der Waals surface area contributed by atoms with E-state index in [4.69, 9.17) is 11.0 Å². The predicted octanol–water partition coefficient (Wildman–Crippen LogP) is 0.155. The molecule has 0 saturated carbocycles. The molecule has 3 unspecified atom stereocenters. The summed E-state index contributed by atoms with van der Waals surface area (Å²) in [6, 6.07) is 0. The molecule has 0 radical (unpaired) electrons. The Morgan fingerprint density at radius 2 is 2.35 bits per heavy atom. The zero-order chi connectivity index (χ0) is 12.7. The van der Waals surface area contributed by atoms with Gasteiger partial charge >= 0.3 is 5.97 Å². The molecule has 1 saturated heterocycles. The van der Waals surface area contributed by atoms with Crippen LogP contribution in [0.4, 0.5) is 0 Å². The lowest BCUT2D eigenvalue weighted by atomic mass is 9.91. The van der Waals surface area contributed by atoms with Crippen molar-refractivity contribution in [3.05, 3.63) is 11.3 Å². The Balaban J connectivity index is 2.27. The number of carbonyl (C=O) groups excluding carboxylic acids is 1. The Bertz CT molecular complexity index is 409. The average molecular weight is 258 g/mol. The second-order valence-electron chi connectivity index (χ2n) is 4.21.